The van der Waals surface area contributed by atoms with Crippen molar-refractivity contribution in [3.8, 4) is 11.3 Å². The number of carbonyl (C=O) groups is 1. The van der Waals surface area contributed by atoms with Gasteiger partial charge in [-0.15, -0.1) is 0 Å². The summed E-state index contributed by atoms with van der Waals surface area (Å²) in [5.41, 5.74) is 5.25. The number of hydrogen-bond donors (Lipinski definition) is 2. The van der Waals surface area contributed by atoms with Gasteiger partial charge in [-0.2, -0.15) is 5.10 Å². The molecule has 0 spiro atoms. The van der Waals surface area contributed by atoms with Crippen LogP contribution in [0.5, 0.6) is 0 Å². The molecule has 3 N–H and O–H groups in total. The van der Waals surface area contributed by atoms with Gasteiger partial charge in [-0.25, -0.2) is 5.84 Å². The Morgan fingerprint density at radius 1 is 1.13 bits per heavy atom. The maximum absolute atomic E-state index is 11.8. The first-order valence-electron chi connectivity index (χ1n) is 7.06. The smallest absolute Gasteiger partial charge is 0.285 e. The average Bonchev–Trinajstić information content (AvgIpc) is 3.01. The zero-order chi connectivity index (χ0) is 16.2. The highest BCUT2D eigenvalue weighted by atomic mass is 35.5. The SMILES string of the molecule is NNC(=O)c1cc(-c2ccccc2)n(Cc2ccc(Cl)cc2)n1. The second-order valence-electron chi connectivity index (χ2n) is 5.04. The van der Waals surface area contributed by atoms with Crippen LogP contribution < -0.4 is 11.3 Å². The van der Waals surface area contributed by atoms with Gasteiger partial charge in [0, 0.05) is 5.02 Å². The third kappa shape index (κ3) is 3.41. The summed E-state index contributed by atoms with van der Waals surface area (Å²) in [5.74, 6) is 4.79. The molecule has 0 unspecified atom stereocenters. The van der Waals surface area contributed by atoms with Crippen molar-refractivity contribution in [2.75, 3.05) is 0 Å². The van der Waals surface area contributed by atoms with Crippen LogP contribution in [0, 0.1) is 0 Å². The van der Waals surface area contributed by atoms with E-state index >= 15 is 0 Å². The van der Waals surface area contributed by atoms with Gasteiger partial charge >= 0.3 is 0 Å². The fraction of sp³-hybridized carbons (Fsp3) is 0.0588. The molecule has 6 heteroatoms. The molecule has 1 aromatic heterocycles. The number of hydrazine groups is 1. The summed E-state index contributed by atoms with van der Waals surface area (Å²) in [5, 5.41) is 5.05. The minimum atomic E-state index is -0.419. The fourth-order valence-electron chi connectivity index (χ4n) is 2.33. The third-order valence-corrected chi connectivity index (χ3v) is 3.71. The van der Waals surface area contributed by atoms with Crippen LogP contribution in [0.25, 0.3) is 11.3 Å². The Kier molecular flexibility index (Phi) is 4.41. The van der Waals surface area contributed by atoms with Crippen molar-refractivity contribution in [3.05, 3.63) is 76.9 Å². The number of nitrogens with zero attached hydrogens (tertiary/aromatic N) is 2. The number of nitrogens with two attached hydrogens (primary N) is 1. The molecule has 0 saturated carbocycles. The third-order valence-electron chi connectivity index (χ3n) is 3.46. The molecule has 3 aromatic rings. The lowest BCUT2D eigenvalue weighted by Crippen LogP contribution is -2.30. The molecule has 1 heterocycles. The molecule has 3 rings (SSSR count). The second-order valence-corrected chi connectivity index (χ2v) is 5.47. The average molecular weight is 327 g/mol. The standard InChI is InChI=1S/C17H15ClN4O/c18-14-8-6-12(7-9-14)11-22-16(13-4-2-1-3-5-13)10-15(21-22)17(23)20-19/h1-10H,11,19H2,(H,20,23). The Hall–Kier alpha value is -2.63. The molecule has 23 heavy (non-hydrogen) atoms. The van der Waals surface area contributed by atoms with Gasteiger partial charge in [0.25, 0.3) is 5.91 Å². The van der Waals surface area contributed by atoms with Crippen molar-refractivity contribution in [3.63, 3.8) is 0 Å². The number of hydrogen-bond acceptors (Lipinski definition) is 3. The minimum Gasteiger partial charge on any atom is -0.289 e. The molecule has 0 radical (unpaired) electrons. The fourth-order valence-corrected chi connectivity index (χ4v) is 2.45. The summed E-state index contributed by atoms with van der Waals surface area (Å²) in [4.78, 5) is 11.8. The van der Waals surface area contributed by atoms with Crippen molar-refractivity contribution in [2.45, 2.75) is 6.54 Å². The van der Waals surface area contributed by atoms with Crippen molar-refractivity contribution >= 4 is 17.5 Å². The maximum Gasteiger partial charge on any atom is 0.285 e. The molecule has 0 aliphatic heterocycles. The summed E-state index contributed by atoms with van der Waals surface area (Å²) in [7, 11) is 0. The number of nitrogen functional groups attached to an aromatic ring is 1. The van der Waals surface area contributed by atoms with Crippen LogP contribution in [-0.2, 0) is 6.54 Å². The summed E-state index contributed by atoms with van der Waals surface area (Å²) in [6.07, 6.45) is 0. The van der Waals surface area contributed by atoms with E-state index in [4.69, 9.17) is 17.4 Å². The zero-order valence-corrected chi connectivity index (χ0v) is 13.0. The van der Waals surface area contributed by atoms with Crippen molar-refractivity contribution in [2.24, 2.45) is 5.84 Å². The van der Waals surface area contributed by atoms with Gasteiger partial charge in [0.1, 0.15) is 0 Å². The Morgan fingerprint density at radius 3 is 2.48 bits per heavy atom. The molecule has 0 aliphatic carbocycles. The highest BCUT2D eigenvalue weighted by Gasteiger charge is 2.15. The summed E-state index contributed by atoms with van der Waals surface area (Å²) in [6.45, 7) is 0.527. The molecular formula is C17H15ClN4O. The van der Waals surface area contributed by atoms with Crippen LogP contribution in [0.1, 0.15) is 16.1 Å². The van der Waals surface area contributed by atoms with Crippen LogP contribution >= 0.6 is 11.6 Å². The van der Waals surface area contributed by atoms with E-state index in [0.717, 1.165) is 16.8 Å². The number of benzene rings is 2. The monoisotopic (exact) mass is 326 g/mol. The molecule has 0 saturated heterocycles. The lowest BCUT2D eigenvalue weighted by Gasteiger charge is -2.08. The Morgan fingerprint density at radius 2 is 1.83 bits per heavy atom. The Labute approximate surface area is 138 Å². The van der Waals surface area contributed by atoms with Crippen LogP contribution in [-0.4, -0.2) is 15.7 Å². The van der Waals surface area contributed by atoms with Crippen LogP contribution in [0.3, 0.4) is 0 Å². The van der Waals surface area contributed by atoms with Gasteiger partial charge < -0.3 is 0 Å². The molecule has 0 atom stereocenters. The summed E-state index contributed by atoms with van der Waals surface area (Å²) < 4.78 is 1.78. The van der Waals surface area contributed by atoms with Gasteiger partial charge in [-0.1, -0.05) is 54.1 Å². The maximum atomic E-state index is 11.8. The van der Waals surface area contributed by atoms with Gasteiger partial charge in [0.05, 0.1) is 12.2 Å². The van der Waals surface area contributed by atoms with Crippen molar-refractivity contribution in [1.29, 1.82) is 0 Å². The predicted molar refractivity (Wildman–Crippen MR) is 89.9 cm³/mol. The van der Waals surface area contributed by atoms with Crippen molar-refractivity contribution in [1.82, 2.24) is 15.2 Å². The van der Waals surface area contributed by atoms with E-state index in [0.29, 0.717) is 11.6 Å². The van der Waals surface area contributed by atoms with E-state index in [1.165, 1.54) is 0 Å². The van der Waals surface area contributed by atoms with Crippen molar-refractivity contribution < 1.29 is 4.79 Å². The number of aromatic nitrogens is 2. The number of carbonyl (C=O) groups excluding carboxylic acids is 1. The molecule has 0 bridgehead atoms. The van der Waals surface area contributed by atoms with E-state index in [9.17, 15) is 4.79 Å². The summed E-state index contributed by atoms with van der Waals surface area (Å²) in [6, 6.07) is 19.0. The number of halogens is 1. The van der Waals surface area contributed by atoms with Gasteiger partial charge in [-0.05, 0) is 29.3 Å². The molecule has 116 valence electrons. The molecular weight excluding hydrogens is 312 g/mol. The van der Waals surface area contributed by atoms with Gasteiger partial charge in [0.15, 0.2) is 5.69 Å². The zero-order valence-electron chi connectivity index (χ0n) is 12.2. The molecule has 5 nitrogen and oxygen atoms in total. The highest BCUT2D eigenvalue weighted by molar-refractivity contribution is 6.30. The van der Waals surface area contributed by atoms with E-state index in [1.54, 1.807) is 10.7 Å². The van der Waals surface area contributed by atoms with Gasteiger partial charge in [0.2, 0.25) is 0 Å². The normalized spacial score (nSPS) is 10.5. The molecule has 0 fully saturated rings. The summed E-state index contributed by atoms with van der Waals surface area (Å²) >= 11 is 5.92. The van der Waals surface area contributed by atoms with E-state index in [2.05, 4.69) is 10.5 Å². The highest BCUT2D eigenvalue weighted by Crippen LogP contribution is 2.22. The molecule has 0 aliphatic rings. The minimum absolute atomic E-state index is 0.278. The first kappa shape index (κ1) is 15.3. The largest absolute Gasteiger partial charge is 0.289 e. The predicted octanol–water partition coefficient (Wildman–Crippen LogP) is 2.86. The van der Waals surface area contributed by atoms with E-state index in [-0.39, 0.29) is 5.69 Å². The topological polar surface area (TPSA) is 72.9 Å². The molecule has 1 amide bonds. The number of rotatable bonds is 4. The van der Waals surface area contributed by atoms with Gasteiger partial charge in [-0.3, -0.25) is 14.9 Å². The Bertz CT molecular complexity index is 812. The first-order chi connectivity index (χ1) is 11.2. The lowest BCUT2D eigenvalue weighted by molar-refractivity contribution is 0.0948. The lowest BCUT2D eigenvalue weighted by atomic mass is 10.1. The Balaban J connectivity index is 2.01. The quantitative estimate of drug-likeness (QED) is 0.440. The first-order valence-corrected chi connectivity index (χ1v) is 7.44. The van der Waals surface area contributed by atoms with E-state index in [1.807, 2.05) is 54.6 Å². The second kappa shape index (κ2) is 6.64. The molecule has 2 aromatic carbocycles. The van der Waals surface area contributed by atoms with Crippen LogP contribution in [0.15, 0.2) is 60.7 Å². The number of nitrogens with one attached hydrogen (secondary N) is 1. The number of amides is 1. The van der Waals surface area contributed by atoms with Crippen LogP contribution in [0.4, 0.5) is 0 Å². The van der Waals surface area contributed by atoms with Crippen LogP contribution in [0.2, 0.25) is 5.02 Å². The van der Waals surface area contributed by atoms with E-state index < -0.39 is 5.91 Å².